The molecule has 0 fully saturated rings. The number of hydrogen-bond donors (Lipinski definition) is 1. The normalized spacial score (nSPS) is 9.65. The van der Waals surface area contributed by atoms with Crippen LogP contribution < -0.4 is 4.74 Å². The van der Waals surface area contributed by atoms with E-state index in [4.69, 9.17) is 10.00 Å². The summed E-state index contributed by atoms with van der Waals surface area (Å²) < 4.78 is 4.96. The van der Waals surface area contributed by atoms with Gasteiger partial charge in [-0.25, -0.2) is 0 Å². The summed E-state index contributed by atoms with van der Waals surface area (Å²) in [4.78, 5) is 3.99. The zero-order valence-electron chi connectivity index (χ0n) is 9.21. The molecule has 0 atom stereocenters. The Labute approximate surface area is 98.7 Å². The van der Waals surface area contributed by atoms with Crippen LogP contribution in [0.2, 0.25) is 0 Å². The van der Waals surface area contributed by atoms with Gasteiger partial charge in [0, 0.05) is 29.6 Å². The molecule has 0 aliphatic rings. The number of aromatic hydroxyl groups is 1. The van der Waals surface area contributed by atoms with Gasteiger partial charge in [0.1, 0.15) is 0 Å². The first kappa shape index (κ1) is 11.0. The van der Waals surface area contributed by atoms with Gasteiger partial charge in [0.2, 0.25) is 0 Å². The summed E-state index contributed by atoms with van der Waals surface area (Å²) in [6.45, 7) is 0. The van der Waals surface area contributed by atoms with Gasteiger partial charge in [-0.2, -0.15) is 5.26 Å². The van der Waals surface area contributed by atoms with Gasteiger partial charge in [0.15, 0.2) is 11.5 Å². The van der Waals surface area contributed by atoms with Crippen LogP contribution in [0.1, 0.15) is 5.56 Å². The van der Waals surface area contributed by atoms with Crippen molar-refractivity contribution < 1.29 is 9.84 Å². The third-order valence-electron chi connectivity index (χ3n) is 2.41. The number of rotatable bonds is 2. The molecule has 0 aliphatic heterocycles. The van der Waals surface area contributed by atoms with Crippen molar-refractivity contribution in [1.82, 2.24) is 4.98 Å². The Bertz CT molecular complexity index is 574. The Morgan fingerprint density at radius 1 is 1.41 bits per heavy atom. The molecule has 0 radical (unpaired) electrons. The van der Waals surface area contributed by atoms with Gasteiger partial charge < -0.3 is 9.84 Å². The molecule has 0 spiro atoms. The van der Waals surface area contributed by atoms with E-state index in [2.05, 4.69) is 11.1 Å². The van der Waals surface area contributed by atoms with Crippen LogP contribution in [0.15, 0.2) is 36.7 Å². The Balaban J connectivity index is 2.63. The summed E-state index contributed by atoms with van der Waals surface area (Å²) in [5, 5.41) is 18.8. The third kappa shape index (κ3) is 2.04. The van der Waals surface area contributed by atoms with E-state index in [1.807, 2.05) is 6.07 Å². The van der Waals surface area contributed by atoms with Crippen molar-refractivity contribution in [2.24, 2.45) is 0 Å². The number of nitrogens with zero attached hydrogens (tertiary/aromatic N) is 2. The molecular weight excluding hydrogens is 216 g/mol. The van der Waals surface area contributed by atoms with Crippen molar-refractivity contribution in [1.29, 1.82) is 5.26 Å². The van der Waals surface area contributed by atoms with Crippen molar-refractivity contribution in [3.63, 3.8) is 0 Å². The van der Waals surface area contributed by atoms with E-state index in [1.54, 1.807) is 18.5 Å². The first-order valence-corrected chi connectivity index (χ1v) is 4.97. The molecule has 17 heavy (non-hydrogen) atoms. The molecule has 0 bridgehead atoms. The fraction of sp³-hybridized carbons (Fsp3) is 0.0769. The van der Waals surface area contributed by atoms with Crippen LogP contribution in [0.3, 0.4) is 0 Å². The molecular formula is C13H10N2O2. The van der Waals surface area contributed by atoms with Crippen molar-refractivity contribution in [2.45, 2.75) is 0 Å². The standard InChI is InChI=1S/C13H10N2O2/c1-17-13-5-10(7-14)11(6-12(13)16)9-3-2-4-15-8-9/h2-6,8,16H,1H3. The average molecular weight is 226 g/mol. The number of hydrogen-bond acceptors (Lipinski definition) is 4. The van der Waals surface area contributed by atoms with Crippen molar-refractivity contribution >= 4 is 0 Å². The van der Waals surface area contributed by atoms with Crippen molar-refractivity contribution in [2.75, 3.05) is 7.11 Å². The highest BCUT2D eigenvalue weighted by atomic mass is 16.5. The van der Waals surface area contributed by atoms with Crippen LogP contribution in [0.4, 0.5) is 0 Å². The van der Waals surface area contributed by atoms with E-state index in [-0.39, 0.29) is 11.5 Å². The molecule has 4 heteroatoms. The SMILES string of the molecule is COc1cc(C#N)c(-c2cccnc2)cc1O. The van der Waals surface area contributed by atoms with Crippen LogP contribution in [0.25, 0.3) is 11.1 Å². The van der Waals surface area contributed by atoms with Gasteiger partial charge in [0.25, 0.3) is 0 Å². The second-order valence-electron chi connectivity index (χ2n) is 3.42. The predicted octanol–water partition coefficient (Wildman–Crippen LogP) is 2.33. The smallest absolute Gasteiger partial charge is 0.161 e. The van der Waals surface area contributed by atoms with Gasteiger partial charge >= 0.3 is 0 Å². The van der Waals surface area contributed by atoms with Crippen molar-refractivity contribution in [3.8, 4) is 28.7 Å². The second kappa shape index (κ2) is 4.54. The molecule has 0 saturated carbocycles. The Morgan fingerprint density at radius 2 is 2.24 bits per heavy atom. The summed E-state index contributed by atoms with van der Waals surface area (Å²) >= 11 is 0. The Hall–Kier alpha value is -2.54. The molecule has 84 valence electrons. The highest BCUT2D eigenvalue weighted by Gasteiger charge is 2.11. The summed E-state index contributed by atoms with van der Waals surface area (Å²) in [5.74, 6) is 0.291. The first-order chi connectivity index (χ1) is 8.26. The van der Waals surface area contributed by atoms with Gasteiger partial charge in [-0.05, 0) is 12.1 Å². The van der Waals surface area contributed by atoms with Crippen LogP contribution >= 0.6 is 0 Å². The maximum Gasteiger partial charge on any atom is 0.161 e. The van der Waals surface area contributed by atoms with Crippen LogP contribution in [0, 0.1) is 11.3 Å². The molecule has 1 aromatic carbocycles. The van der Waals surface area contributed by atoms with Gasteiger partial charge in [-0.15, -0.1) is 0 Å². The topological polar surface area (TPSA) is 66.1 Å². The van der Waals surface area contributed by atoms with Gasteiger partial charge in [-0.3, -0.25) is 4.98 Å². The zero-order valence-corrected chi connectivity index (χ0v) is 9.21. The highest BCUT2D eigenvalue weighted by molar-refractivity contribution is 5.73. The molecule has 4 nitrogen and oxygen atoms in total. The summed E-state index contributed by atoms with van der Waals surface area (Å²) in [7, 11) is 1.44. The lowest BCUT2D eigenvalue weighted by Gasteiger charge is -2.08. The number of phenols is 1. The average Bonchev–Trinajstić information content (AvgIpc) is 2.39. The first-order valence-electron chi connectivity index (χ1n) is 4.97. The minimum Gasteiger partial charge on any atom is -0.504 e. The maximum atomic E-state index is 9.72. The van der Waals surface area contributed by atoms with E-state index >= 15 is 0 Å². The fourth-order valence-corrected chi connectivity index (χ4v) is 1.59. The molecule has 0 saturated heterocycles. The van der Waals surface area contributed by atoms with Crippen LogP contribution in [-0.4, -0.2) is 17.2 Å². The minimum atomic E-state index is 0.00496. The Kier molecular flexibility index (Phi) is 2.93. The lowest BCUT2D eigenvalue weighted by molar-refractivity contribution is 0.373. The number of methoxy groups -OCH3 is 1. The molecule has 0 amide bonds. The number of ether oxygens (including phenoxy) is 1. The lowest BCUT2D eigenvalue weighted by atomic mass is 10.0. The van der Waals surface area contributed by atoms with Crippen LogP contribution in [0.5, 0.6) is 11.5 Å². The summed E-state index contributed by atoms with van der Waals surface area (Å²) in [6.07, 6.45) is 3.29. The number of aromatic nitrogens is 1. The minimum absolute atomic E-state index is 0.00496. The monoisotopic (exact) mass is 226 g/mol. The molecule has 1 N–H and O–H groups in total. The van der Waals surface area contributed by atoms with E-state index in [0.29, 0.717) is 11.1 Å². The highest BCUT2D eigenvalue weighted by Crippen LogP contribution is 2.34. The van der Waals surface area contributed by atoms with Gasteiger partial charge in [-0.1, -0.05) is 6.07 Å². The third-order valence-corrected chi connectivity index (χ3v) is 2.41. The fourth-order valence-electron chi connectivity index (χ4n) is 1.59. The van der Waals surface area contributed by atoms with Gasteiger partial charge in [0.05, 0.1) is 18.7 Å². The molecule has 2 aromatic rings. The predicted molar refractivity (Wildman–Crippen MR) is 62.6 cm³/mol. The van der Waals surface area contributed by atoms with Crippen molar-refractivity contribution in [3.05, 3.63) is 42.2 Å². The largest absolute Gasteiger partial charge is 0.504 e. The number of benzene rings is 1. The second-order valence-corrected chi connectivity index (χ2v) is 3.42. The summed E-state index contributed by atoms with van der Waals surface area (Å²) in [5.41, 5.74) is 1.86. The number of nitriles is 1. The van der Waals surface area contributed by atoms with E-state index in [1.165, 1.54) is 19.2 Å². The quantitative estimate of drug-likeness (QED) is 0.853. The van der Waals surface area contributed by atoms with E-state index < -0.39 is 0 Å². The molecule has 0 aliphatic carbocycles. The molecule has 2 rings (SSSR count). The van der Waals surface area contributed by atoms with Crippen LogP contribution in [-0.2, 0) is 0 Å². The molecule has 1 heterocycles. The molecule has 0 unspecified atom stereocenters. The number of pyridine rings is 1. The summed E-state index contributed by atoms with van der Waals surface area (Å²) in [6, 6.07) is 8.70. The van der Waals surface area contributed by atoms with E-state index in [9.17, 15) is 5.11 Å². The lowest BCUT2D eigenvalue weighted by Crippen LogP contribution is -1.89. The molecule has 1 aromatic heterocycles. The zero-order chi connectivity index (χ0) is 12.3. The number of phenolic OH excluding ortho intramolecular Hbond substituents is 1. The Morgan fingerprint density at radius 3 is 2.82 bits per heavy atom. The maximum absolute atomic E-state index is 9.72. The van der Waals surface area contributed by atoms with E-state index in [0.717, 1.165) is 5.56 Å².